The van der Waals surface area contributed by atoms with Gasteiger partial charge in [0.15, 0.2) is 0 Å². The Morgan fingerprint density at radius 3 is 2.26 bits per heavy atom. The highest BCUT2D eigenvalue weighted by Gasteiger charge is 2.23. The van der Waals surface area contributed by atoms with Crippen molar-refractivity contribution in [2.45, 2.75) is 31.0 Å². The minimum atomic E-state index is 0.147. The third kappa shape index (κ3) is 3.52. The minimum absolute atomic E-state index is 0.147. The summed E-state index contributed by atoms with van der Waals surface area (Å²) in [7, 11) is 0. The second-order valence-electron chi connectivity index (χ2n) is 5.47. The summed E-state index contributed by atoms with van der Waals surface area (Å²) in [6.45, 7) is 6.77. The second-order valence-corrected chi connectivity index (χ2v) is 9.64. The topological polar surface area (TPSA) is 0 Å². The number of alkyl halides is 1. The first kappa shape index (κ1) is 15.7. The van der Waals surface area contributed by atoms with Gasteiger partial charge < -0.3 is 0 Å². The molecule has 0 amide bonds. The van der Waals surface area contributed by atoms with Crippen molar-refractivity contribution >= 4 is 59.1 Å². The third-order valence-corrected chi connectivity index (χ3v) is 7.57. The van der Waals surface area contributed by atoms with Crippen LogP contribution in [0.2, 0.25) is 0 Å². The van der Waals surface area contributed by atoms with Crippen molar-refractivity contribution in [3.05, 3.63) is 54.6 Å². The van der Waals surface area contributed by atoms with E-state index in [1.54, 1.807) is 11.3 Å². The summed E-state index contributed by atoms with van der Waals surface area (Å²) in [4.78, 5) is 1.53. The van der Waals surface area contributed by atoms with Crippen LogP contribution in [0.3, 0.4) is 0 Å². The molecule has 1 unspecified atom stereocenters. The van der Waals surface area contributed by atoms with Gasteiger partial charge in [-0.05, 0) is 54.5 Å². The normalized spacial score (nSPS) is 13.6. The predicted octanol–water partition coefficient (Wildman–Crippen LogP) is 7.05. The van der Waals surface area contributed by atoms with E-state index < -0.39 is 0 Å². The summed E-state index contributed by atoms with van der Waals surface area (Å²) in [6.07, 6.45) is 0. The van der Waals surface area contributed by atoms with Crippen molar-refractivity contribution in [1.82, 2.24) is 0 Å². The molecule has 1 aromatic heterocycles. The maximum Gasteiger partial charge on any atom is 0.0843 e. The first-order valence-corrected chi connectivity index (χ1v) is 9.30. The molecular formula is C15H15Br3S. The van der Waals surface area contributed by atoms with Gasteiger partial charge in [0.2, 0.25) is 0 Å². The van der Waals surface area contributed by atoms with Crippen LogP contribution >= 0.6 is 59.1 Å². The summed E-state index contributed by atoms with van der Waals surface area (Å²) < 4.78 is 2.25. The average Bonchev–Trinajstić information content (AvgIpc) is 2.68. The molecule has 0 N–H and O–H groups in total. The number of hydrogen-bond donors (Lipinski definition) is 0. The van der Waals surface area contributed by atoms with Crippen LogP contribution in [0.1, 0.15) is 41.6 Å². The van der Waals surface area contributed by atoms with Crippen LogP contribution in [0, 0.1) is 0 Å². The Kier molecular flexibility index (Phi) is 4.97. The predicted molar refractivity (Wildman–Crippen MR) is 95.6 cm³/mol. The van der Waals surface area contributed by atoms with Crippen LogP contribution in [-0.2, 0) is 5.41 Å². The van der Waals surface area contributed by atoms with Gasteiger partial charge in [-0.15, -0.1) is 11.3 Å². The zero-order valence-electron chi connectivity index (χ0n) is 11.0. The maximum atomic E-state index is 3.85. The van der Waals surface area contributed by atoms with Crippen molar-refractivity contribution in [1.29, 1.82) is 0 Å². The quantitative estimate of drug-likeness (QED) is 0.416. The molecular weight excluding hydrogens is 452 g/mol. The summed E-state index contributed by atoms with van der Waals surface area (Å²) in [5.41, 5.74) is 2.88. The lowest BCUT2D eigenvalue weighted by molar-refractivity contribution is 0.584. The van der Waals surface area contributed by atoms with Gasteiger partial charge in [-0.1, -0.05) is 61.0 Å². The van der Waals surface area contributed by atoms with E-state index in [0.717, 1.165) is 8.26 Å². The molecule has 0 fully saturated rings. The van der Waals surface area contributed by atoms with Gasteiger partial charge in [-0.25, -0.2) is 0 Å². The zero-order valence-corrected chi connectivity index (χ0v) is 16.6. The summed E-state index contributed by atoms with van der Waals surface area (Å²) >= 11 is 12.7. The standard InChI is InChI=1S/C15H15Br3S/c1-15(2,3)10-7-5-4-6-9(10)13(17)12-8-11(16)14(18)19-12/h4-8,13H,1-3H3. The molecule has 1 heterocycles. The van der Waals surface area contributed by atoms with E-state index in [1.165, 1.54) is 16.0 Å². The first-order chi connectivity index (χ1) is 8.80. The van der Waals surface area contributed by atoms with Crippen molar-refractivity contribution in [2.24, 2.45) is 0 Å². The molecule has 0 nitrogen and oxygen atoms in total. The van der Waals surface area contributed by atoms with Gasteiger partial charge in [0.25, 0.3) is 0 Å². The SMILES string of the molecule is CC(C)(C)c1ccccc1C(Br)c1cc(Br)c(Br)s1. The molecule has 0 radical (unpaired) electrons. The molecule has 1 aromatic carbocycles. The molecule has 2 rings (SSSR count). The molecule has 2 aromatic rings. The van der Waals surface area contributed by atoms with Crippen LogP contribution in [-0.4, -0.2) is 0 Å². The summed E-state index contributed by atoms with van der Waals surface area (Å²) in [5, 5.41) is 0. The largest absolute Gasteiger partial charge is 0.131 e. The smallest absolute Gasteiger partial charge is 0.0843 e. The molecule has 102 valence electrons. The number of rotatable bonds is 2. The van der Waals surface area contributed by atoms with E-state index in [0.29, 0.717) is 0 Å². The average molecular weight is 467 g/mol. The van der Waals surface area contributed by atoms with E-state index >= 15 is 0 Å². The Hall–Kier alpha value is 0.360. The van der Waals surface area contributed by atoms with Crippen molar-refractivity contribution < 1.29 is 0 Å². The van der Waals surface area contributed by atoms with Gasteiger partial charge in [0.05, 0.1) is 8.61 Å². The monoisotopic (exact) mass is 464 g/mol. The summed E-state index contributed by atoms with van der Waals surface area (Å²) in [6, 6.07) is 10.8. The highest BCUT2D eigenvalue weighted by Crippen LogP contribution is 2.43. The molecule has 19 heavy (non-hydrogen) atoms. The van der Waals surface area contributed by atoms with Gasteiger partial charge in [0.1, 0.15) is 0 Å². The fourth-order valence-corrected chi connectivity index (χ4v) is 4.94. The van der Waals surface area contributed by atoms with Crippen LogP contribution in [0.15, 0.2) is 38.6 Å². The highest BCUT2D eigenvalue weighted by molar-refractivity contribution is 9.13. The van der Waals surface area contributed by atoms with E-state index in [1.807, 2.05) is 0 Å². The molecule has 0 aliphatic carbocycles. The Morgan fingerprint density at radius 2 is 1.74 bits per heavy atom. The third-order valence-electron chi connectivity index (χ3n) is 2.96. The van der Waals surface area contributed by atoms with E-state index in [-0.39, 0.29) is 10.2 Å². The van der Waals surface area contributed by atoms with Crippen LogP contribution in [0.25, 0.3) is 0 Å². The number of halogens is 3. The van der Waals surface area contributed by atoms with E-state index in [2.05, 4.69) is 98.9 Å². The van der Waals surface area contributed by atoms with Gasteiger partial charge in [-0.3, -0.25) is 0 Å². The van der Waals surface area contributed by atoms with Gasteiger partial charge in [-0.2, -0.15) is 0 Å². The van der Waals surface area contributed by atoms with Crippen molar-refractivity contribution in [2.75, 3.05) is 0 Å². The molecule has 0 aliphatic heterocycles. The Labute approximate surface area is 144 Å². The van der Waals surface area contributed by atoms with Crippen LogP contribution in [0.4, 0.5) is 0 Å². The lowest BCUT2D eigenvalue weighted by Gasteiger charge is -2.24. The molecule has 1 atom stereocenters. The zero-order chi connectivity index (χ0) is 14.2. The molecule has 0 saturated heterocycles. The Balaban J connectivity index is 2.47. The number of thiophene rings is 1. The van der Waals surface area contributed by atoms with Gasteiger partial charge in [0, 0.05) is 9.35 Å². The van der Waals surface area contributed by atoms with E-state index in [4.69, 9.17) is 0 Å². The van der Waals surface area contributed by atoms with Gasteiger partial charge >= 0.3 is 0 Å². The Bertz CT molecular complexity index is 562. The number of benzene rings is 1. The molecule has 4 heteroatoms. The minimum Gasteiger partial charge on any atom is -0.131 e. The molecule has 0 spiro atoms. The number of hydrogen-bond acceptors (Lipinski definition) is 1. The van der Waals surface area contributed by atoms with Crippen molar-refractivity contribution in [3.63, 3.8) is 0 Å². The molecule has 0 saturated carbocycles. The highest BCUT2D eigenvalue weighted by atomic mass is 79.9. The second kappa shape index (κ2) is 6.00. The fourth-order valence-electron chi connectivity index (χ4n) is 2.04. The van der Waals surface area contributed by atoms with E-state index in [9.17, 15) is 0 Å². The maximum absolute atomic E-state index is 3.85. The van der Waals surface area contributed by atoms with Crippen molar-refractivity contribution in [3.8, 4) is 0 Å². The lowest BCUT2D eigenvalue weighted by Crippen LogP contribution is -2.14. The lowest BCUT2D eigenvalue weighted by atomic mass is 9.83. The van der Waals surface area contributed by atoms with Crippen LogP contribution < -0.4 is 0 Å². The summed E-state index contributed by atoms with van der Waals surface area (Å²) in [5.74, 6) is 0. The molecule has 0 aliphatic rings. The first-order valence-electron chi connectivity index (χ1n) is 5.99. The molecule has 0 bridgehead atoms. The van der Waals surface area contributed by atoms with Crippen LogP contribution in [0.5, 0.6) is 0 Å². The fraction of sp³-hybridized carbons (Fsp3) is 0.333. The Morgan fingerprint density at radius 1 is 1.11 bits per heavy atom.